The van der Waals surface area contributed by atoms with Gasteiger partial charge in [-0.1, -0.05) is 30.3 Å². The van der Waals surface area contributed by atoms with Crippen LogP contribution in [0.3, 0.4) is 0 Å². The van der Waals surface area contributed by atoms with Gasteiger partial charge < -0.3 is 4.74 Å². The topological polar surface area (TPSA) is 113 Å². The second kappa shape index (κ2) is 8.76. The summed E-state index contributed by atoms with van der Waals surface area (Å²) in [6.07, 6.45) is 0. The third-order valence-corrected chi connectivity index (χ3v) is 5.42. The minimum absolute atomic E-state index is 0.198. The zero-order chi connectivity index (χ0) is 21.8. The predicted molar refractivity (Wildman–Crippen MR) is 113 cm³/mol. The molecule has 154 valence electrons. The number of ketones is 1. The molecule has 4 aromatic rings. The summed E-state index contributed by atoms with van der Waals surface area (Å²) in [6, 6.07) is 20.1. The van der Waals surface area contributed by atoms with Crippen LogP contribution in [0.2, 0.25) is 0 Å². The molecule has 0 spiro atoms. The summed E-state index contributed by atoms with van der Waals surface area (Å²) in [7, 11) is 1.57. The van der Waals surface area contributed by atoms with E-state index in [1.165, 1.54) is 16.8 Å². The van der Waals surface area contributed by atoms with Crippen molar-refractivity contribution in [2.75, 3.05) is 7.11 Å². The average Bonchev–Trinajstić information content (AvgIpc) is 3.27. The number of nitro benzene ring substituents is 1. The van der Waals surface area contributed by atoms with Crippen LogP contribution in [0, 0.1) is 10.1 Å². The van der Waals surface area contributed by atoms with E-state index in [2.05, 4.69) is 15.5 Å². The fraction of sp³-hybridized carbons (Fsp3) is 0.0476. The third kappa shape index (κ3) is 4.28. The van der Waals surface area contributed by atoms with Crippen LogP contribution in [-0.2, 0) is 0 Å². The fourth-order valence-electron chi connectivity index (χ4n) is 2.87. The van der Waals surface area contributed by atoms with Crippen LogP contribution in [0.1, 0.15) is 15.9 Å². The Morgan fingerprint density at radius 2 is 1.77 bits per heavy atom. The van der Waals surface area contributed by atoms with Crippen LogP contribution >= 0.6 is 11.8 Å². The van der Waals surface area contributed by atoms with E-state index in [4.69, 9.17) is 4.74 Å². The summed E-state index contributed by atoms with van der Waals surface area (Å²) in [4.78, 5) is 24.2. The zero-order valence-electron chi connectivity index (χ0n) is 16.2. The number of hydrogen-bond donors (Lipinski definition) is 0. The lowest BCUT2D eigenvalue weighted by molar-refractivity contribution is -0.387. The van der Waals surface area contributed by atoms with E-state index in [0.29, 0.717) is 27.1 Å². The maximum Gasteiger partial charge on any atom is 0.284 e. The van der Waals surface area contributed by atoms with Crippen LogP contribution in [0.5, 0.6) is 5.75 Å². The Balaban J connectivity index is 1.66. The maximum atomic E-state index is 12.7. The number of tetrazole rings is 1. The molecule has 0 N–H and O–H groups in total. The molecule has 0 aliphatic rings. The lowest BCUT2D eigenvalue weighted by Crippen LogP contribution is -2.03. The van der Waals surface area contributed by atoms with Gasteiger partial charge in [-0.15, -0.1) is 5.10 Å². The third-order valence-electron chi connectivity index (χ3n) is 4.41. The lowest BCUT2D eigenvalue weighted by atomic mass is 10.0. The van der Waals surface area contributed by atoms with Gasteiger partial charge in [-0.25, -0.2) is 0 Å². The number of rotatable bonds is 7. The van der Waals surface area contributed by atoms with Gasteiger partial charge in [0.2, 0.25) is 5.16 Å². The number of nitro groups is 1. The Hall–Kier alpha value is -4.05. The number of methoxy groups -OCH3 is 1. The van der Waals surface area contributed by atoms with Gasteiger partial charge in [0.05, 0.1) is 22.6 Å². The number of carbonyl (C=O) groups excluding carboxylic acids is 1. The number of aromatic nitrogens is 4. The van der Waals surface area contributed by atoms with E-state index in [1.807, 2.05) is 0 Å². The average molecular weight is 433 g/mol. The van der Waals surface area contributed by atoms with E-state index in [-0.39, 0.29) is 17.0 Å². The second-order valence-corrected chi connectivity index (χ2v) is 7.32. The van der Waals surface area contributed by atoms with Crippen molar-refractivity contribution in [2.24, 2.45) is 0 Å². The summed E-state index contributed by atoms with van der Waals surface area (Å²) in [6.45, 7) is 0. The molecule has 0 radical (unpaired) electrons. The van der Waals surface area contributed by atoms with Crippen molar-refractivity contribution < 1.29 is 14.5 Å². The first kappa shape index (κ1) is 20.2. The van der Waals surface area contributed by atoms with E-state index in [1.54, 1.807) is 67.8 Å². The molecule has 10 heteroatoms. The van der Waals surface area contributed by atoms with Crippen molar-refractivity contribution in [3.63, 3.8) is 0 Å². The van der Waals surface area contributed by atoms with E-state index in [0.717, 1.165) is 11.8 Å². The number of benzene rings is 3. The van der Waals surface area contributed by atoms with E-state index >= 15 is 0 Å². The first-order valence-electron chi connectivity index (χ1n) is 9.05. The van der Waals surface area contributed by atoms with Gasteiger partial charge in [0.25, 0.3) is 5.69 Å². The van der Waals surface area contributed by atoms with Crippen LogP contribution in [0.4, 0.5) is 5.69 Å². The highest BCUT2D eigenvalue weighted by Gasteiger charge is 2.21. The van der Waals surface area contributed by atoms with Gasteiger partial charge in [-0.05, 0) is 58.6 Å². The molecule has 0 aliphatic carbocycles. The van der Waals surface area contributed by atoms with Crippen LogP contribution in [-0.4, -0.2) is 38.0 Å². The first-order chi connectivity index (χ1) is 15.1. The molecule has 1 heterocycles. The number of hydrogen-bond acceptors (Lipinski definition) is 8. The van der Waals surface area contributed by atoms with Gasteiger partial charge in [0, 0.05) is 17.2 Å². The van der Waals surface area contributed by atoms with Gasteiger partial charge in [0.15, 0.2) is 5.78 Å². The van der Waals surface area contributed by atoms with Crippen molar-refractivity contribution in [1.29, 1.82) is 0 Å². The number of ether oxygens (including phenoxy) is 1. The quantitative estimate of drug-likeness (QED) is 0.244. The van der Waals surface area contributed by atoms with Gasteiger partial charge >= 0.3 is 0 Å². The normalized spacial score (nSPS) is 10.6. The number of nitrogens with zero attached hydrogens (tertiary/aromatic N) is 5. The molecule has 9 nitrogen and oxygen atoms in total. The molecule has 0 atom stereocenters. The molecule has 31 heavy (non-hydrogen) atoms. The molecule has 0 amide bonds. The minimum atomic E-state index is -0.522. The molecule has 0 fully saturated rings. The Bertz CT molecular complexity index is 1240. The van der Waals surface area contributed by atoms with Crippen molar-refractivity contribution in [1.82, 2.24) is 20.2 Å². The maximum absolute atomic E-state index is 12.7. The standard InChI is InChI=1S/C21H15N5O4S/c1-30-17-10-8-16(9-11-17)25-21(22-23-24-25)31-19-12-7-15(13-18(19)26(28)29)20(27)14-5-3-2-4-6-14/h2-13H,1H3. The molecule has 4 rings (SSSR count). The van der Waals surface area contributed by atoms with Crippen LogP contribution < -0.4 is 4.74 Å². The van der Waals surface area contributed by atoms with E-state index < -0.39 is 4.92 Å². The molecule has 0 saturated carbocycles. The monoisotopic (exact) mass is 433 g/mol. The van der Waals surface area contributed by atoms with Gasteiger partial charge in [-0.2, -0.15) is 4.68 Å². The summed E-state index contributed by atoms with van der Waals surface area (Å²) in [5.74, 6) is 0.392. The Kier molecular flexibility index (Phi) is 5.72. The number of carbonyl (C=O) groups is 1. The SMILES string of the molecule is COc1ccc(-n2nnnc2Sc2ccc(C(=O)c3ccccc3)cc2[N+](=O)[O-])cc1. The molecule has 0 unspecified atom stereocenters. The van der Waals surface area contributed by atoms with E-state index in [9.17, 15) is 14.9 Å². The molecule has 1 aromatic heterocycles. The summed E-state index contributed by atoms with van der Waals surface area (Å²) in [5, 5.41) is 23.7. The zero-order valence-corrected chi connectivity index (χ0v) is 17.0. The lowest BCUT2D eigenvalue weighted by Gasteiger charge is -2.07. The molecule has 0 saturated heterocycles. The van der Waals surface area contributed by atoms with Crippen molar-refractivity contribution in [2.45, 2.75) is 10.1 Å². The summed E-state index contributed by atoms with van der Waals surface area (Å²) in [5.41, 5.74) is 1.17. The Morgan fingerprint density at radius 1 is 1.03 bits per heavy atom. The molecule has 0 bridgehead atoms. The molecule has 0 aliphatic heterocycles. The van der Waals surface area contributed by atoms with Crippen molar-refractivity contribution >= 4 is 23.2 Å². The Morgan fingerprint density at radius 3 is 2.45 bits per heavy atom. The smallest absolute Gasteiger partial charge is 0.284 e. The molecule has 3 aromatic carbocycles. The Labute approximate surface area is 180 Å². The summed E-state index contributed by atoms with van der Waals surface area (Å²) >= 11 is 1.04. The molecular formula is C21H15N5O4S. The van der Waals surface area contributed by atoms with Crippen LogP contribution in [0.25, 0.3) is 5.69 Å². The highest BCUT2D eigenvalue weighted by atomic mass is 32.2. The highest BCUT2D eigenvalue weighted by molar-refractivity contribution is 7.99. The summed E-state index contributed by atoms with van der Waals surface area (Å²) < 4.78 is 6.62. The van der Waals surface area contributed by atoms with Crippen molar-refractivity contribution in [3.05, 3.63) is 94.0 Å². The first-order valence-corrected chi connectivity index (χ1v) is 9.87. The predicted octanol–water partition coefficient (Wildman–Crippen LogP) is 3.96. The minimum Gasteiger partial charge on any atom is -0.497 e. The highest BCUT2D eigenvalue weighted by Crippen LogP contribution is 2.35. The van der Waals surface area contributed by atoms with Crippen molar-refractivity contribution in [3.8, 4) is 11.4 Å². The second-order valence-electron chi connectivity index (χ2n) is 6.31. The van der Waals surface area contributed by atoms with Crippen LogP contribution in [0.15, 0.2) is 82.8 Å². The largest absolute Gasteiger partial charge is 0.497 e. The van der Waals surface area contributed by atoms with Gasteiger partial charge in [-0.3, -0.25) is 14.9 Å². The molecular weight excluding hydrogens is 418 g/mol. The van der Waals surface area contributed by atoms with Gasteiger partial charge in [0.1, 0.15) is 5.75 Å². The fourth-order valence-corrected chi connectivity index (χ4v) is 3.75.